The minimum absolute atomic E-state index is 0.0346. The molecule has 0 saturated carbocycles. The van der Waals surface area contributed by atoms with Crippen molar-refractivity contribution in [1.29, 1.82) is 5.26 Å². The molecule has 7 heteroatoms. The van der Waals surface area contributed by atoms with Gasteiger partial charge in [-0.1, -0.05) is 0 Å². The summed E-state index contributed by atoms with van der Waals surface area (Å²) in [5.74, 6) is -0.579. The maximum absolute atomic E-state index is 10.6. The molecular weight excluding hydrogens is 274 g/mol. The fourth-order valence-electron chi connectivity index (χ4n) is 2.30. The minimum Gasteiger partial charge on any atom is -0.387 e. The second-order valence-electron chi connectivity index (χ2n) is 4.94. The van der Waals surface area contributed by atoms with Gasteiger partial charge in [-0.2, -0.15) is 5.26 Å². The van der Waals surface area contributed by atoms with Crippen molar-refractivity contribution in [2.45, 2.75) is 6.10 Å². The number of morpholine rings is 1. The smallest absolute Gasteiger partial charge is 0.269 e. The van der Waals surface area contributed by atoms with Gasteiger partial charge in [0.05, 0.1) is 36.2 Å². The molecule has 0 aliphatic carbocycles. The van der Waals surface area contributed by atoms with Crippen LogP contribution >= 0.6 is 0 Å². The topological polar surface area (TPSA) is 99.6 Å². The van der Waals surface area contributed by atoms with E-state index in [2.05, 4.69) is 11.0 Å². The third-order valence-electron chi connectivity index (χ3n) is 3.55. The standard InChI is InChI=1S/C14H17N3O4/c15-9-12(10-16-5-7-21-8-6-16)14(18)11-1-3-13(4-2-11)17(19)20/h1-4,12,14,18H,5-8,10H2/t12-,14+/m1/s1. The normalized spacial score (nSPS) is 18.7. The van der Waals surface area contributed by atoms with E-state index < -0.39 is 16.9 Å². The van der Waals surface area contributed by atoms with Gasteiger partial charge in [-0.25, -0.2) is 0 Å². The summed E-state index contributed by atoms with van der Waals surface area (Å²) in [7, 11) is 0. The van der Waals surface area contributed by atoms with E-state index in [1.165, 1.54) is 24.3 Å². The molecule has 1 aliphatic heterocycles. The average Bonchev–Trinajstić information content (AvgIpc) is 2.53. The summed E-state index contributed by atoms with van der Waals surface area (Å²) in [5.41, 5.74) is 0.480. The fraction of sp³-hybridized carbons (Fsp3) is 0.500. The van der Waals surface area contributed by atoms with Crippen LogP contribution in [0.4, 0.5) is 5.69 Å². The first-order valence-corrected chi connectivity index (χ1v) is 6.74. The van der Waals surface area contributed by atoms with Gasteiger partial charge < -0.3 is 9.84 Å². The largest absolute Gasteiger partial charge is 0.387 e. The molecule has 7 nitrogen and oxygen atoms in total. The predicted molar refractivity (Wildman–Crippen MR) is 74.4 cm³/mol. The Morgan fingerprint density at radius 3 is 2.52 bits per heavy atom. The van der Waals surface area contributed by atoms with E-state index in [1.54, 1.807) is 0 Å². The van der Waals surface area contributed by atoms with E-state index in [-0.39, 0.29) is 5.69 Å². The van der Waals surface area contributed by atoms with Crippen LogP contribution in [0.3, 0.4) is 0 Å². The van der Waals surface area contributed by atoms with Crippen LogP contribution in [0.15, 0.2) is 24.3 Å². The molecular formula is C14H17N3O4. The molecule has 1 heterocycles. The van der Waals surface area contributed by atoms with E-state index in [4.69, 9.17) is 4.74 Å². The first-order valence-electron chi connectivity index (χ1n) is 6.74. The van der Waals surface area contributed by atoms with Gasteiger partial charge in [0.15, 0.2) is 0 Å². The van der Waals surface area contributed by atoms with Gasteiger partial charge in [0.1, 0.15) is 0 Å². The van der Waals surface area contributed by atoms with Crippen molar-refractivity contribution >= 4 is 5.69 Å². The summed E-state index contributed by atoms with van der Waals surface area (Å²) in [6.07, 6.45) is -0.960. The molecule has 0 spiro atoms. The quantitative estimate of drug-likeness (QED) is 0.644. The maximum Gasteiger partial charge on any atom is 0.269 e. The van der Waals surface area contributed by atoms with Crippen molar-refractivity contribution < 1.29 is 14.8 Å². The summed E-state index contributed by atoms with van der Waals surface area (Å²) in [6, 6.07) is 7.77. The number of non-ortho nitro benzene ring substituents is 1. The maximum atomic E-state index is 10.6. The third kappa shape index (κ3) is 3.98. The number of hydrogen-bond acceptors (Lipinski definition) is 6. The Hall–Kier alpha value is -2.01. The number of nitriles is 1. The van der Waals surface area contributed by atoms with E-state index in [9.17, 15) is 20.5 Å². The highest BCUT2D eigenvalue weighted by Crippen LogP contribution is 2.24. The van der Waals surface area contributed by atoms with Crippen LogP contribution in [0.1, 0.15) is 11.7 Å². The van der Waals surface area contributed by atoms with Crippen LogP contribution in [0, 0.1) is 27.4 Å². The van der Waals surface area contributed by atoms with Crippen molar-refractivity contribution in [3.05, 3.63) is 39.9 Å². The summed E-state index contributed by atoms with van der Waals surface area (Å²) < 4.78 is 5.24. The van der Waals surface area contributed by atoms with Gasteiger partial charge in [0.25, 0.3) is 5.69 Å². The molecule has 0 amide bonds. The van der Waals surface area contributed by atoms with Crippen LogP contribution in [-0.2, 0) is 4.74 Å². The Labute approximate surface area is 122 Å². The predicted octanol–water partition coefficient (Wildman–Crippen LogP) is 1.10. The van der Waals surface area contributed by atoms with Gasteiger partial charge in [0.2, 0.25) is 0 Å². The molecule has 1 saturated heterocycles. The van der Waals surface area contributed by atoms with Gasteiger partial charge in [-0.3, -0.25) is 15.0 Å². The lowest BCUT2D eigenvalue weighted by Gasteiger charge is -2.29. The first-order chi connectivity index (χ1) is 10.1. The molecule has 2 atom stereocenters. The Morgan fingerprint density at radius 2 is 2.00 bits per heavy atom. The second kappa shape index (κ2) is 7.13. The lowest BCUT2D eigenvalue weighted by Crippen LogP contribution is -2.40. The second-order valence-corrected chi connectivity index (χ2v) is 4.94. The number of ether oxygens (including phenoxy) is 1. The van der Waals surface area contributed by atoms with Crippen LogP contribution in [0.25, 0.3) is 0 Å². The third-order valence-corrected chi connectivity index (χ3v) is 3.55. The highest BCUT2D eigenvalue weighted by molar-refractivity contribution is 5.34. The number of aliphatic hydroxyl groups excluding tert-OH is 1. The molecule has 1 N–H and O–H groups in total. The molecule has 0 bridgehead atoms. The van der Waals surface area contributed by atoms with Gasteiger partial charge in [-0.05, 0) is 17.7 Å². The van der Waals surface area contributed by atoms with Gasteiger partial charge >= 0.3 is 0 Å². The van der Waals surface area contributed by atoms with E-state index in [0.717, 1.165) is 13.1 Å². The molecule has 21 heavy (non-hydrogen) atoms. The number of nitro groups is 1. The molecule has 112 valence electrons. The van der Waals surface area contributed by atoms with Crippen molar-refractivity contribution in [3.8, 4) is 6.07 Å². The highest BCUT2D eigenvalue weighted by Gasteiger charge is 2.24. The van der Waals surface area contributed by atoms with Crippen LogP contribution in [-0.4, -0.2) is 47.8 Å². The Kier molecular flexibility index (Phi) is 5.22. The average molecular weight is 291 g/mol. The Balaban J connectivity index is 2.03. The van der Waals surface area contributed by atoms with Crippen molar-refractivity contribution in [2.75, 3.05) is 32.8 Å². The zero-order valence-corrected chi connectivity index (χ0v) is 11.5. The molecule has 1 aromatic carbocycles. The number of aliphatic hydroxyl groups is 1. The number of hydrogen-bond donors (Lipinski definition) is 1. The van der Waals surface area contributed by atoms with E-state index in [1.807, 2.05) is 0 Å². The van der Waals surface area contributed by atoms with Crippen LogP contribution < -0.4 is 0 Å². The SMILES string of the molecule is N#C[C@H](CN1CCOCC1)[C@@H](O)c1ccc([N+](=O)[O-])cc1. The number of nitrogens with zero attached hydrogens (tertiary/aromatic N) is 3. The zero-order valence-electron chi connectivity index (χ0n) is 11.5. The number of benzene rings is 1. The Morgan fingerprint density at radius 1 is 1.38 bits per heavy atom. The highest BCUT2D eigenvalue weighted by atomic mass is 16.6. The summed E-state index contributed by atoms with van der Waals surface area (Å²) in [6.45, 7) is 3.20. The zero-order chi connectivity index (χ0) is 15.2. The van der Waals surface area contributed by atoms with Crippen LogP contribution in [0.2, 0.25) is 0 Å². The summed E-state index contributed by atoms with van der Waals surface area (Å²) in [5, 5.41) is 30.2. The molecule has 2 rings (SSSR count). The first kappa shape index (κ1) is 15.4. The summed E-state index contributed by atoms with van der Waals surface area (Å²) in [4.78, 5) is 12.2. The molecule has 1 aromatic rings. The van der Waals surface area contributed by atoms with Crippen molar-refractivity contribution in [3.63, 3.8) is 0 Å². The molecule has 1 aliphatic rings. The van der Waals surface area contributed by atoms with Crippen LogP contribution in [0.5, 0.6) is 0 Å². The molecule has 0 aromatic heterocycles. The minimum atomic E-state index is -0.960. The monoisotopic (exact) mass is 291 g/mol. The lowest BCUT2D eigenvalue weighted by atomic mass is 9.96. The van der Waals surface area contributed by atoms with Crippen molar-refractivity contribution in [2.24, 2.45) is 5.92 Å². The van der Waals surface area contributed by atoms with E-state index >= 15 is 0 Å². The number of rotatable bonds is 5. The molecule has 0 radical (unpaired) electrons. The van der Waals surface area contributed by atoms with Gasteiger partial charge in [0, 0.05) is 31.8 Å². The molecule has 0 unspecified atom stereocenters. The van der Waals surface area contributed by atoms with Gasteiger partial charge in [-0.15, -0.1) is 0 Å². The van der Waals surface area contributed by atoms with E-state index in [0.29, 0.717) is 25.3 Å². The fourth-order valence-corrected chi connectivity index (χ4v) is 2.30. The summed E-state index contributed by atoms with van der Waals surface area (Å²) >= 11 is 0. The number of nitro benzene ring substituents is 1. The van der Waals surface area contributed by atoms with Crippen molar-refractivity contribution in [1.82, 2.24) is 4.90 Å². The lowest BCUT2D eigenvalue weighted by molar-refractivity contribution is -0.384. The molecule has 1 fully saturated rings. The Bertz CT molecular complexity index is 520.